The number of aromatic nitrogens is 1. The van der Waals surface area contributed by atoms with Crippen LogP contribution in [0.5, 0.6) is 0 Å². The predicted octanol–water partition coefficient (Wildman–Crippen LogP) is 4.91. The topological polar surface area (TPSA) is 41.8 Å². The van der Waals surface area contributed by atoms with E-state index >= 15 is 0 Å². The molecule has 0 saturated heterocycles. The summed E-state index contributed by atoms with van der Waals surface area (Å²) < 4.78 is 68.3. The lowest BCUT2D eigenvalue weighted by molar-refractivity contribution is -0.00561. The molecule has 0 spiro atoms. The number of rotatable bonds is 3. The Balaban J connectivity index is 2.35. The second-order valence-corrected chi connectivity index (χ2v) is 5.66. The zero-order valence-electron chi connectivity index (χ0n) is 12.5. The summed E-state index contributed by atoms with van der Waals surface area (Å²) in [4.78, 5) is 2.67. The number of benzene rings is 2. The van der Waals surface area contributed by atoms with Crippen LogP contribution in [0, 0.1) is 17.5 Å². The monoisotopic (exact) mass is 340 g/mol. The zero-order chi connectivity index (χ0) is 17.6. The summed E-state index contributed by atoms with van der Waals surface area (Å²) in [6.07, 6.45) is 0. The van der Waals surface area contributed by atoms with Gasteiger partial charge in [-0.2, -0.15) is 0 Å². The molecule has 0 aliphatic heterocycles. The molecule has 3 rings (SSSR count). The van der Waals surface area contributed by atoms with Gasteiger partial charge in [-0.15, -0.1) is 0 Å². The highest BCUT2D eigenvalue weighted by atomic mass is 19.3. The molecule has 0 fully saturated rings. The number of nitrogens with two attached hydrogens (primary N) is 1. The highest BCUT2D eigenvalue weighted by Gasteiger charge is 2.36. The minimum absolute atomic E-state index is 0.0687. The molecule has 3 N–H and O–H groups in total. The molecule has 7 heteroatoms. The fraction of sp³-hybridized carbons (Fsp3) is 0.176. The number of hydrogen-bond donors (Lipinski definition) is 2. The normalized spacial score (nSPS) is 13.5. The maximum absolute atomic E-state index is 14.0. The van der Waals surface area contributed by atoms with E-state index < -0.39 is 29.4 Å². The first-order valence-corrected chi connectivity index (χ1v) is 7.08. The van der Waals surface area contributed by atoms with Crippen molar-refractivity contribution < 1.29 is 22.0 Å². The molecule has 1 aromatic heterocycles. The van der Waals surface area contributed by atoms with Crippen molar-refractivity contribution in [2.75, 3.05) is 0 Å². The van der Waals surface area contributed by atoms with Crippen molar-refractivity contribution in [2.24, 2.45) is 5.73 Å². The van der Waals surface area contributed by atoms with E-state index in [-0.39, 0.29) is 22.2 Å². The zero-order valence-corrected chi connectivity index (χ0v) is 12.5. The lowest BCUT2D eigenvalue weighted by atomic mass is 9.96. The van der Waals surface area contributed by atoms with Crippen LogP contribution in [0.15, 0.2) is 36.4 Å². The van der Waals surface area contributed by atoms with Crippen LogP contribution in [0.25, 0.3) is 22.2 Å². The van der Waals surface area contributed by atoms with Crippen LogP contribution >= 0.6 is 0 Å². The average molecular weight is 340 g/mol. The van der Waals surface area contributed by atoms with Crippen molar-refractivity contribution >= 4 is 10.9 Å². The fourth-order valence-electron chi connectivity index (χ4n) is 2.66. The predicted molar refractivity (Wildman–Crippen MR) is 81.2 cm³/mol. The third-order valence-corrected chi connectivity index (χ3v) is 3.85. The molecular weight excluding hydrogens is 327 g/mol. The molecule has 3 aromatic rings. The van der Waals surface area contributed by atoms with Crippen LogP contribution in [-0.2, 0) is 0 Å². The average Bonchev–Trinajstić information content (AvgIpc) is 2.85. The van der Waals surface area contributed by atoms with Crippen LogP contribution in [0.1, 0.15) is 18.5 Å². The molecule has 0 aliphatic rings. The molecule has 2 nitrogen and oxygen atoms in total. The molecule has 0 amide bonds. The van der Waals surface area contributed by atoms with Gasteiger partial charge in [-0.3, -0.25) is 0 Å². The van der Waals surface area contributed by atoms with E-state index in [1.807, 2.05) is 0 Å². The summed E-state index contributed by atoms with van der Waals surface area (Å²) in [6, 6.07) is 4.76. The van der Waals surface area contributed by atoms with Gasteiger partial charge < -0.3 is 10.7 Å². The van der Waals surface area contributed by atoms with Gasteiger partial charge in [-0.1, -0.05) is 0 Å². The van der Waals surface area contributed by atoms with Crippen LogP contribution in [0.3, 0.4) is 0 Å². The Kier molecular flexibility index (Phi) is 3.83. The van der Waals surface area contributed by atoms with E-state index in [4.69, 9.17) is 5.73 Å². The SMILES string of the molecule is CC(F)(F)C(N)c1c(-c2ccc(F)cc2)[nH]c2c(F)cc(F)cc12. The lowest BCUT2D eigenvalue weighted by Gasteiger charge is -2.20. The van der Waals surface area contributed by atoms with Gasteiger partial charge in [0.1, 0.15) is 17.5 Å². The molecule has 0 bridgehead atoms. The Morgan fingerprint density at radius 1 is 1.00 bits per heavy atom. The van der Waals surface area contributed by atoms with Gasteiger partial charge >= 0.3 is 0 Å². The first-order chi connectivity index (χ1) is 11.2. The van der Waals surface area contributed by atoms with E-state index in [1.165, 1.54) is 12.1 Å². The van der Waals surface area contributed by atoms with Crippen LogP contribution in [-0.4, -0.2) is 10.9 Å². The fourth-order valence-corrected chi connectivity index (χ4v) is 2.66. The van der Waals surface area contributed by atoms with Crippen molar-refractivity contribution in [1.82, 2.24) is 4.98 Å². The first-order valence-electron chi connectivity index (χ1n) is 7.08. The van der Waals surface area contributed by atoms with E-state index in [9.17, 15) is 22.0 Å². The van der Waals surface area contributed by atoms with Gasteiger partial charge in [0.25, 0.3) is 5.92 Å². The standard InChI is InChI=1S/C17H13F5N2/c1-17(21,22)16(23)13-11-6-10(19)7-12(20)15(11)24-14(13)8-2-4-9(18)5-3-8/h2-7,16,24H,23H2,1H3. The van der Waals surface area contributed by atoms with Crippen LogP contribution in [0.2, 0.25) is 0 Å². The summed E-state index contributed by atoms with van der Waals surface area (Å²) in [7, 11) is 0. The van der Waals surface area contributed by atoms with Crippen LogP contribution < -0.4 is 5.73 Å². The van der Waals surface area contributed by atoms with E-state index in [2.05, 4.69) is 4.98 Å². The molecule has 0 aliphatic carbocycles. The highest BCUT2D eigenvalue weighted by Crippen LogP contribution is 2.40. The first kappa shape index (κ1) is 16.4. The smallest absolute Gasteiger partial charge is 0.264 e. The van der Waals surface area contributed by atoms with E-state index in [0.29, 0.717) is 18.6 Å². The number of aromatic amines is 1. The highest BCUT2D eigenvalue weighted by molar-refractivity contribution is 5.92. The van der Waals surface area contributed by atoms with E-state index in [1.54, 1.807) is 0 Å². The molecule has 126 valence electrons. The van der Waals surface area contributed by atoms with Gasteiger partial charge in [0.2, 0.25) is 0 Å². The Labute approximate surface area is 134 Å². The molecule has 1 atom stereocenters. The molecule has 24 heavy (non-hydrogen) atoms. The number of nitrogens with one attached hydrogen (secondary N) is 1. The Bertz CT molecular complexity index is 894. The van der Waals surface area contributed by atoms with Crippen molar-refractivity contribution in [3.8, 4) is 11.3 Å². The van der Waals surface area contributed by atoms with Crippen molar-refractivity contribution in [3.05, 3.63) is 59.4 Å². The minimum atomic E-state index is -3.33. The van der Waals surface area contributed by atoms with Crippen LogP contribution in [0.4, 0.5) is 22.0 Å². The third kappa shape index (κ3) is 2.75. The summed E-state index contributed by atoms with van der Waals surface area (Å²) >= 11 is 0. The number of H-pyrrole nitrogens is 1. The largest absolute Gasteiger partial charge is 0.352 e. The third-order valence-electron chi connectivity index (χ3n) is 3.85. The van der Waals surface area contributed by atoms with Crippen molar-refractivity contribution in [2.45, 2.75) is 18.9 Å². The van der Waals surface area contributed by atoms with Gasteiger partial charge in [0, 0.05) is 23.9 Å². The second kappa shape index (κ2) is 5.59. The van der Waals surface area contributed by atoms with E-state index in [0.717, 1.165) is 18.2 Å². The van der Waals surface area contributed by atoms with Gasteiger partial charge in [-0.05, 0) is 35.9 Å². The van der Waals surface area contributed by atoms with Gasteiger partial charge in [-0.25, -0.2) is 22.0 Å². The Morgan fingerprint density at radius 3 is 2.21 bits per heavy atom. The molecule has 0 radical (unpaired) electrons. The summed E-state index contributed by atoms with van der Waals surface area (Å²) in [5.74, 6) is -5.67. The molecule has 1 heterocycles. The van der Waals surface area contributed by atoms with Gasteiger partial charge in [0.05, 0.1) is 17.3 Å². The number of halogens is 5. The maximum Gasteiger partial charge on any atom is 0.264 e. The second-order valence-electron chi connectivity index (χ2n) is 5.66. The summed E-state index contributed by atoms with van der Waals surface area (Å²) in [5, 5.41) is -0.0687. The number of fused-ring (bicyclic) bond motifs is 1. The van der Waals surface area contributed by atoms with Crippen molar-refractivity contribution in [3.63, 3.8) is 0 Å². The number of alkyl halides is 2. The minimum Gasteiger partial charge on any atom is -0.352 e. The maximum atomic E-state index is 14.0. The Morgan fingerprint density at radius 2 is 1.62 bits per heavy atom. The quantitative estimate of drug-likeness (QED) is 0.654. The number of hydrogen-bond acceptors (Lipinski definition) is 1. The lowest BCUT2D eigenvalue weighted by Crippen LogP contribution is -2.30. The molecule has 1 unspecified atom stereocenters. The summed E-state index contributed by atoms with van der Waals surface area (Å²) in [5.41, 5.74) is 5.84. The van der Waals surface area contributed by atoms with Gasteiger partial charge in [0.15, 0.2) is 0 Å². The molecule has 0 saturated carbocycles. The van der Waals surface area contributed by atoms with Crippen molar-refractivity contribution in [1.29, 1.82) is 0 Å². The Hall–Kier alpha value is -2.41. The molecular formula is C17H13F5N2. The summed E-state index contributed by atoms with van der Waals surface area (Å²) in [6.45, 7) is 0.626. The molecule has 2 aromatic carbocycles.